The van der Waals surface area contributed by atoms with E-state index in [1.807, 2.05) is 19.1 Å². The van der Waals surface area contributed by atoms with Gasteiger partial charge in [0.15, 0.2) is 0 Å². The predicted octanol–water partition coefficient (Wildman–Crippen LogP) is 8.35. The van der Waals surface area contributed by atoms with Crippen molar-refractivity contribution in [2.24, 2.45) is 0 Å². The minimum Gasteiger partial charge on any atom is -0.496 e. The Morgan fingerprint density at radius 1 is 0.867 bits per heavy atom. The SMILES string of the molecule is CCOC(=O)c1cc(OC)c2c(CCO[Si](c3ccccc3)(c3ccccc3)C(C)(C)C)c(-c3cc4ccccc4[nH]3)sc2c1. The number of hydrogen-bond acceptors (Lipinski definition) is 5. The van der Waals surface area contributed by atoms with Crippen molar-refractivity contribution in [2.75, 3.05) is 20.3 Å². The Morgan fingerprint density at radius 2 is 1.51 bits per heavy atom. The minimum absolute atomic E-state index is 0.126. The third-order valence-electron chi connectivity index (χ3n) is 8.45. The number of rotatable bonds is 10. The Balaban J connectivity index is 1.48. The molecular formula is C38H39NO4SSi. The first kappa shape index (κ1) is 30.8. The summed E-state index contributed by atoms with van der Waals surface area (Å²) in [6.45, 7) is 9.56. The molecule has 0 spiro atoms. The first-order valence-electron chi connectivity index (χ1n) is 15.4. The highest BCUT2D eigenvalue weighted by Crippen LogP contribution is 2.45. The van der Waals surface area contributed by atoms with Crippen molar-refractivity contribution in [3.8, 4) is 16.3 Å². The summed E-state index contributed by atoms with van der Waals surface area (Å²) in [4.78, 5) is 17.5. The molecular weight excluding hydrogens is 595 g/mol. The lowest BCUT2D eigenvalue weighted by Gasteiger charge is -2.43. The molecule has 0 aliphatic heterocycles. The summed E-state index contributed by atoms with van der Waals surface area (Å²) >= 11 is 1.66. The molecule has 45 heavy (non-hydrogen) atoms. The van der Waals surface area contributed by atoms with Gasteiger partial charge in [-0.15, -0.1) is 11.3 Å². The van der Waals surface area contributed by atoms with E-state index in [0.717, 1.165) is 37.1 Å². The maximum Gasteiger partial charge on any atom is 0.338 e. The number of carbonyl (C=O) groups is 1. The average molecular weight is 634 g/mol. The van der Waals surface area contributed by atoms with E-state index in [2.05, 4.69) is 111 Å². The summed E-state index contributed by atoms with van der Waals surface area (Å²) in [6.07, 6.45) is 0.671. The highest BCUT2D eigenvalue weighted by molar-refractivity contribution is 7.22. The number of H-pyrrole nitrogens is 1. The van der Waals surface area contributed by atoms with Crippen molar-refractivity contribution in [1.82, 2.24) is 4.98 Å². The number of fused-ring (bicyclic) bond motifs is 2. The largest absolute Gasteiger partial charge is 0.496 e. The highest BCUT2D eigenvalue weighted by Gasteiger charge is 2.50. The van der Waals surface area contributed by atoms with E-state index in [1.54, 1.807) is 24.5 Å². The molecule has 0 unspecified atom stereocenters. The average Bonchev–Trinajstić information content (AvgIpc) is 3.64. The van der Waals surface area contributed by atoms with Gasteiger partial charge in [0.1, 0.15) is 5.75 Å². The van der Waals surface area contributed by atoms with Crippen LogP contribution in [0.5, 0.6) is 5.75 Å². The van der Waals surface area contributed by atoms with E-state index in [-0.39, 0.29) is 11.0 Å². The zero-order chi connectivity index (χ0) is 31.6. The monoisotopic (exact) mass is 633 g/mol. The summed E-state index contributed by atoms with van der Waals surface area (Å²) in [5.74, 6) is 0.310. The number of ether oxygens (including phenoxy) is 2. The molecule has 0 saturated carbocycles. The van der Waals surface area contributed by atoms with Crippen molar-refractivity contribution < 1.29 is 18.7 Å². The lowest BCUT2D eigenvalue weighted by atomic mass is 10.0. The number of benzene rings is 4. The van der Waals surface area contributed by atoms with Gasteiger partial charge < -0.3 is 18.9 Å². The summed E-state index contributed by atoms with van der Waals surface area (Å²) < 4.78 is 19.6. The third kappa shape index (κ3) is 5.72. The predicted molar refractivity (Wildman–Crippen MR) is 189 cm³/mol. The number of aromatic nitrogens is 1. The zero-order valence-electron chi connectivity index (χ0n) is 26.5. The molecule has 0 amide bonds. The van der Waals surface area contributed by atoms with Crippen molar-refractivity contribution in [2.45, 2.75) is 39.2 Å². The number of thiophene rings is 1. The molecule has 7 heteroatoms. The molecule has 0 radical (unpaired) electrons. The molecule has 6 aromatic rings. The van der Waals surface area contributed by atoms with E-state index in [4.69, 9.17) is 13.9 Å². The second kappa shape index (κ2) is 12.7. The molecule has 230 valence electrons. The molecule has 4 aromatic carbocycles. The topological polar surface area (TPSA) is 60.6 Å². The summed E-state index contributed by atoms with van der Waals surface area (Å²) in [5.41, 5.74) is 3.75. The van der Waals surface area contributed by atoms with Crippen LogP contribution >= 0.6 is 11.3 Å². The van der Waals surface area contributed by atoms with Gasteiger partial charge in [-0.25, -0.2) is 4.79 Å². The van der Waals surface area contributed by atoms with Gasteiger partial charge in [0.05, 0.1) is 29.9 Å². The lowest BCUT2D eigenvalue weighted by Crippen LogP contribution is -2.66. The van der Waals surface area contributed by atoms with Gasteiger partial charge in [-0.3, -0.25) is 0 Å². The van der Waals surface area contributed by atoms with Crippen molar-refractivity contribution in [3.63, 3.8) is 0 Å². The molecule has 0 saturated heterocycles. The minimum atomic E-state index is -2.73. The molecule has 0 atom stereocenters. The Morgan fingerprint density at radius 3 is 2.11 bits per heavy atom. The molecule has 0 bridgehead atoms. The van der Waals surface area contributed by atoms with Crippen molar-refractivity contribution in [3.05, 3.63) is 114 Å². The number of aromatic amines is 1. The smallest absolute Gasteiger partial charge is 0.338 e. The van der Waals surface area contributed by atoms with Crippen LogP contribution in [0.2, 0.25) is 5.04 Å². The Hall–Kier alpha value is -4.17. The molecule has 6 rings (SSSR count). The van der Waals surface area contributed by atoms with E-state index in [0.29, 0.717) is 30.9 Å². The summed E-state index contributed by atoms with van der Waals surface area (Å²) in [6, 6.07) is 35.7. The van der Waals surface area contributed by atoms with Gasteiger partial charge in [0.25, 0.3) is 8.32 Å². The summed E-state index contributed by atoms with van der Waals surface area (Å²) in [5, 5.41) is 4.55. The van der Waals surface area contributed by atoms with Crippen LogP contribution in [0.1, 0.15) is 43.6 Å². The molecule has 0 aliphatic rings. The molecule has 1 N–H and O–H groups in total. The fraction of sp³-hybridized carbons (Fsp3) is 0.237. The van der Waals surface area contributed by atoms with Gasteiger partial charge >= 0.3 is 5.97 Å². The van der Waals surface area contributed by atoms with Crippen LogP contribution in [-0.2, 0) is 15.6 Å². The quantitative estimate of drug-likeness (QED) is 0.122. The Kier molecular flexibility index (Phi) is 8.69. The maximum atomic E-state index is 12.8. The lowest BCUT2D eigenvalue weighted by molar-refractivity contribution is 0.0526. The number of para-hydroxylation sites is 1. The molecule has 2 aromatic heterocycles. The van der Waals surface area contributed by atoms with E-state index < -0.39 is 8.32 Å². The van der Waals surface area contributed by atoms with Gasteiger partial charge in [-0.2, -0.15) is 0 Å². The molecule has 5 nitrogen and oxygen atoms in total. The number of nitrogens with one attached hydrogen (secondary N) is 1. The summed E-state index contributed by atoms with van der Waals surface area (Å²) in [7, 11) is -1.07. The first-order valence-corrected chi connectivity index (χ1v) is 18.1. The van der Waals surface area contributed by atoms with E-state index >= 15 is 0 Å². The number of hydrogen-bond donors (Lipinski definition) is 1. The Bertz CT molecular complexity index is 1870. The van der Waals surface area contributed by atoms with Gasteiger partial charge in [0.2, 0.25) is 0 Å². The fourth-order valence-corrected chi connectivity index (χ4v) is 12.3. The van der Waals surface area contributed by atoms with Crippen molar-refractivity contribution >= 4 is 57.0 Å². The second-order valence-electron chi connectivity index (χ2n) is 12.2. The van der Waals surface area contributed by atoms with Crippen LogP contribution in [-0.4, -0.2) is 39.6 Å². The van der Waals surface area contributed by atoms with Gasteiger partial charge in [-0.1, -0.05) is 99.6 Å². The first-order chi connectivity index (χ1) is 21.8. The van der Waals surface area contributed by atoms with Crippen LogP contribution in [0, 0.1) is 0 Å². The van der Waals surface area contributed by atoms with E-state index in [1.165, 1.54) is 10.4 Å². The van der Waals surface area contributed by atoms with Crippen LogP contribution in [0.25, 0.3) is 31.6 Å². The van der Waals surface area contributed by atoms with Gasteiger partial charge in [0, 0.05) is 27.6 Å². The maximum absolute atomic E-state index is 12.8. The fourth-order valence-electron chi connectivity index (χ4n) is 6.47. The van der Waals surface area contributed by atoms with Crippen LogP contribution in [0.15, 0.2) is 103 Å². The number of carbonyl (C=O) groups excluding carboxylic acids is 1. The molecule has 0 aliphatic carbocycles. The third-order valence-corrected chi connectivity index (χ3v) is 14.7. The normalized spacial score (nSPS) is 12.1. The molecule has 2 heterocycles. The zero-order valence-corrected chi connectivity index (χ0v) is 28.3. The van der Waals surface area contributed by atoms with Crippen LogP contribution in [0.4, 0.5) is 0 Å². The number of esters is 1. The van der Waals surface area contributed by atoms with Gasteiger partial charge in [-0.05, 0) is 58.6 Å². The van der Waals surface area contributed by atoms with Crippen LogP contribution < -0.4 is 15.1 Å². The Labute approximate surface area is 269 Å². The second-order valence-corrected chi connectivity index (χ2v) is 17.6. The van der Waals surface area contributed by atoms with Crippen molar-refractivity contribution in [1.29, 1.82) is 0 Å². The highest BCUT2D eigenvalue weighted by atomic mass is 32.1. The van der Waals surface area contributed by atoms with E-state index in [9.17, 15) is 4.79 Å². The number of methoxy groups -OCH3 is 1. The standard InChI is InChI=1S/C38H39NO4SSi/c1-6-42-37(40)27-24-33(41-5)35-30(36(44-34(35)25-27)32-23-26-15-13-14-20-31(26)39-32)21-22-43-45(38(2,3)4,28-16-9-7-10-17-28)29-18-11-8-12-19-29/h7-20,23-25,39H,6,21-22H2,1-5H3. The molecule has 0 fully saturated rings. The van der Waals surface area contributed by atoms with Crippen LogP contribution in [0.3, 0.4) is 0 Å².